The summed E-state index contributed by atoms with van der Waals surface area (Å²) in [6, 6.07) is 3.81. The molecule has 1 aliphatic rings. The van der Waals surface area contributed by atoms with Crippen LogP contribution in [0.25, 0.3) is 0 Å². The van der Waals surface area contributed by atoms with Gasteiger partial charge in [0.1, 0.15) is 0 Å². The maximum absolute atomic E-state index is 12.5. The highest BCUT2D eigenvalue weighted by Gasteiger charge is 2.25. The molecule has 0 saturated carbocycles. The fourth-order valence-electron chi connectivity index (χ4n) is 2.91. The Morgan fingerprint density at radius 1 is 1.32 bits per heavy atom. The van der Waals surface area contributed by atoms with Gasteiger partial charge >= 0.3 is 0 Å². The van der Waals surface area contributed by atoms with E-state index < -0.39 is 0 Å². The quantitative estimate of drug-likeness (QED) is 0.870. The second-order valence-corrected chi connectivity index (χ2v) is 5.80. The fourth-order valence-corrected chi connectivity index (χ4v) is 2.91. The lowest BCUT2D eigenvalue weighted by Crippen LogP contribution is -2.40. The lowest BCUT2D eigenvalue weighted by atomic mass is 9.94. The molecule has 1 saturated heterocycles. The largest absolute Gasteiger partial charge is 0.342 e. The van der Waals surface area contributed by atoms with Gasteiger partial charge in [-0.15, -0.1) is 0 Å². The molecule has 22 heavy (non-hydrogen) atoms. The number of rotatable bonds is 3. The molecule has 0 spiro atoms. The van der Waals surface area contributed by atoms with E-state index in [0.717, 1.165) is 42.9 Å². The minimum absolute atomic E-state index is 0.165. The van der Waals surface area contributed by atoms with Crippen LogP contribution in [-0.4, -0.2) is 38.8 Å². The second kappa shape index (κ2) is 6.64. The molecule has 0 aromatic carbocycles. The van der Waals surface area contributed by atoms with Gasteiger partial charge in [-0.25, -0.2) is 0 Å². The first-order valence-electron chi connectivity index (χ1n) is 7.67. The Labute approximate surface area is 130 Å². The van der Waals surface area contributed by atoms with Gasteiger partial charge in [-0.2, -0.15) is 0 Å². The zero-order chi connectivity index (χ0) is 15.4. The van der Waals surface area contributed by atoms with Crippen molar-refractivity contribution in [3.63, 3.8) is 0 Å². The van der Waals surface area contributed by atoms with Crippen LogP contribution in [-0.2, 0) is 11.2 Å². The zero-order valence-corrected chi connectivity index (χ0v) is 12.8. The molecule has 2 aromatic rings. The summed E-state index contributed by atoms with van der Waals surface area (Å²) >= 11 is 0. The Hall–Kier alpha value is -2.30. The van der Waals surface area contributed by atoms with Gasteiger partial charge in [-0.05, 0) is 31.4 Å². The molecular weight excluding hydrogens is 276 g/mol. The van der Waals surface area contributed by atoms with Gasteiger partial charge in [-0.3, -0.25) is 19.7 Å². The first-order valence-corrected chi connectivity index (χ1v) is 7.67. The molecule has 5 nitrogen and oxygen atoms in total. The van der Waals surface area contributed by atoms with Gasteiger partial charge in [0.15, 0.2) is 0 Å². The summed E-state index contributed by atoms with van der Waals surface area (Å²) in [6.45, 7) is 3.51. The van der Waals surface area contributed by atoms with Crippen molar-refractivity contribution >= 4 is 5.91 Å². The summed E-state index contributed by atoms with van der Waals surface area (Å²) in [7, 11) is 0. The highest BCUT2D eigenvalue weighted by atomic mass is 16.2. The third-order valence-corrected chi connectivity index (χ3v) is 4.04. The van der Waals surface area contributed by atoms with Gasteiger partial charge in [0.2, 0.25) is 5.91 Å². The third kappa shape index (κ3) is 3.47. The Kier molecular flexibility index (Phi) is 4.42. The molecular formula is C17H20N4O. The van der Waals surface area contributed by atoms with Crippen molar-refractivity contribution < 1.29 is 4.79 Å². The lowest BCUT2D eigenvalue weighted by Gasteiger charge is -2.32. The number of nitrogens with zero attached hydrogens (tertiary/aromatic N) is 4. The predicted octanol–water partition coefficient (Wildman–Crippen LogP) is 2.13. The van der Waals surface area contributed by atoms with Crippen molar-refractivity contribution in [3.05, 3.63) is 53.9 Å². The van der Waals surface area contributed by atoms with Gasteiger partial charge in [0.25, 0.3) is 0 Å². The number of aromatic nitrogens is 3. The number of piperidine rings is 1. The van der Waals surface area contributed by atoms with Crippen LogP contribution < -0.4 is 0 Å². The summed E-state index contributed by atoms with van der Waals surface area (Å²) in [5.74, 6) is 0.456. The topological polar surface area (TPSA) is 59.0 Å². The van der Waals surface area contributed by atoms with E-state index in [-0.39, 0.29) is 5.91 Å². The molecule has 3 rings (SSSR count). The number of hydrogen-bond donors (Lipinski definition) is 0. The molecule has 1 fully saturated rings. The van der Waals surface area contributed by atoms with E-state index >= 15 is 0 Å². The van der Waals surface area contributed by atoms with Crippen LogP contribution in [0.1, 0.15) is 35.7 Å². The SMILES string of the molecule is Cc1cncc(C2CCCN(C(=O)Cc3cccnc3)C2)n1. The highest BCUT2D eigenvalue weighted by Crippen LogP contribution is 2.25. The molecule has 1 amide bonds. The van der Waals surface area contributed by atoms with Crippen molar-refractivity contribution in [2.45, 2.75) is 32.1 Å². The van der Waals surface area contributed by atoms with E-state index in [1.165, 1.54) is 0 Å². The average molecular weight is 296 g/mol. The minimum atomic E-state index is 0.165. The Morgan fingerprint density at radius 3 is 3.00 bits per heavy atom. The third-order valence-electron chi connectivity index (χ3n) is 4.04. The Morgan fingerprint density at radius 2 is 2.23 bits per heavy atom. The zero-order valence-electron chi connectivity index (χ0n) is 12.8. The van der Waals surface area contributed by atoms with Gasteiger partial charge < -0.3 is 4.90 Å². The monoisotopic (exact) mass is 296 g/mol. The number of likely N-dealkylation sites (tertiary alicyclic amines) is 1. The molecule has 0 N–H and O–H groups in total. The normalized spacial score (nSPS) is 18.2. The van der Waals surface area contributed by atoms with E-state index in [2.05, 4.69) is 15.0 Å². The van der Waals surface area contributed by atoms with Gasteiger partial charge in [0, 0.05) is 43.8 Å². The average Bonchev–Trinajstić information content (AvgIpc) is 2.56. The van der Waals surface area contributed by atoms with Crippen LogP contribution in [0.2, 0.25) is 0 Å². The first kappa shape index (κ1) is 14.6. The van der Waals surface area contributed by atoms with Crippen LogP contribution in [0.15, 0.2) is 36.9 Å². The van der Waals surface area contributed by atoms with Crippen molar-refractivity contribution in [2.75, 3.05) is 13.1 Å². The summed E-state index contributed by atoms with van der Waals surface area (Å²) < 4.78 is 0. The number of hydrogen-bond acceptors (Lipinski definition) is 4. The van der Waals surface area contributed by atoms with Crippen LogP contribution in [0, 0.1) is 6.92 Å². The molecule has 0 bridgehead atoms. The summed E-state index contributed by atoms with van der Waals surface area (Å²) in [5, 5.41) is 0. The fraction of sp³-hybridized carbons (Fsp3) is 0.412. The molecule has 5 heteroatoms. The maximum Gasteiger partial charge on any atom is 0.227 e. The van der Waals surface area contributed by atoms with Crippen molar-refractivity contribution in [1.82, 2.24) is 19.9 Å². The molecule has 2 aromatic heterocycles. The summed E-state index contributed by atoms with van der Waals surface area (Å²) in [6.07, 6.45) is 9.56. The number of carbonyl (C=O) groups is 1. The molecule has 1 aliphatic heterocycles. The molecule has 3 heterocycles. The number of amides is 1. The minimum Gasteiger partial charge on any atom is -0.342 e. The molecule has 114 valence electrons. The summed E-state index contributed by atoms with van der Waals surface area (Å²) in [5.41, 5.74) is 2.89. The van der Waals surface area contributed by atoms with Crippen LogP contribution in [0.3, 0.4) is 0 Å². The Bertz CT molecular complexity index is 644. The Balaban J connectivity index is 1.66. The maximum atomic E-state index is 12.5. The molecule has 1 unspecified atom stereocenters. The second-order valence-electron chi connectivity index (χ2n) is 5.80. The lowest BCUT2D eigenvalue weighted by molar-refractivity contribution is -0.131. The van der Waals surface area contributed by atoms with Crippen molar-refractivity contribution in [3.8, 4) is 0 Å². The van der Waals surface area contributed by atoms with Crippen molar-refractivity contribution in [1.29, 1.82) is 0 Å². The summed E-state index contributed by atoms with van der Waals surface area (Å²) in [4.78, 5) is 27.3. The van der Waals surface area contributed by atoms with Crippen molar-refractivity contribution in [2.24, 2.45) is 0 Å². The number of carbonyl (C=O) groups excluding carboxylic acids is 1. The number of pyridine rings is 1. The smallest absolute Gasteiger partial charge is 0.227 e. The molecule has 0 radical (unpaired) electrons. The van der Waals surface area contributed by atoms with E-state index in [9.17, 15) is 4.79 Å². The molecule has 1 atom stereocenters. The van der Waals surface area contributed by atoms with Crippen LogP contribution in [0.4, 0.5) is 0 Å². The van der Waals surface area contributed by atoms with E-state index in [4.69, 9.17) is 0 Å². The highest BCUT2D eigenvalue weighted by molar-refractivity contribution is 5.78. The van der Waals surface area contributed by atoms with E-state index in [1.807, 2.05) is 30.2 Å². The standard InChI is InChI=1S/C17H20N4O/c1-13-9-19-11-16(20-13)15-5-3-7-21(12-15)17(22)8-14-4-2-6-18-10-14/h2,4,6,9-11,15H,3,5,7-8,12H2,1H3. The van der Waals surface area contributed by atoms with Gasteiger partial charge in [-0.1, -0.05) is 6.07 Å². The van der Waals surface area contributed by atoms with Crippen LogP contribution in [0.5, 0.6) is 0 Å². The van der Waals surface area contributed by atoms with Crippen LogP contribution >= 0.6 is 0 Å². The number of aryl methyl sites for hydroxylation is 1. The van der Waals surface area contributed by atoms with E-state index in [1.54, 1.807) is 18.6 Å². The predicted molar refractivity (Wildman–Crippen MR) is 83.3 cm³/mol. The molecule has 0 aliphatic carbocycles. The first-order chi connectivity index (χ1) is 10.7. The van der Waals surface area contributed by atoms with E-state index in [0.29, 0.717) is 12.3 Å². The van der Waals surface area contributed by atoms with Gasteiger partial charge in [0.05, 0.1) is 17.8 Å².